The molecule has 0 saturated carbocycles. The molecule has 3 rings (SSSR count). The molecule has 0 fully saturated rings. The molecule has 0 aliphatic heterocycles. The molecular weight excluding hydrogens is 448 g/mol. The number of aryl methyl sites for hydroxylation is 2. The third-order valence-electron chi connectivity index (χ3n) is 3.92. The molecule has 3 N–H and O–H groups in total. The molecule has 156 valence electrons. The zero-order valence-corrected chi connectivity index (χ0v) is 18.3. The van der Waals surface area contributed by atoms with Crippen molar-refractivity contribution in [2.45, 2.75) is 18.7 Å². The van der Waals surface area contributed by atoms with E-state index in [2.05, 4.69) is 20.6 Å². The normalized spacial score (nSPS) is 11.0. The number of amides is 2. The number of anilines is 1. The van der Waals surface area contributed by atoms with Gasteiger partial charge in [-0.25, -0.2) is 13.4 Å². The fraction of sp³-hybridized carbons (Fsp3) is 0.105. The molecule has 2 aromatic carbocycles. The molecule has 2 amide bonds. The lowest BCUT2D eigenvalue weighted by molar-refractivity contribution is 0.0848. The number of aromatic nitrogens is 1. The summed E-state index contributed by atoms with van der Waals surface area (Å²) < 4.78 is 27.7. The maximum absolute atomic E-state index is 12.6. The average molecular weight is 465 g/mol. The number of benzene rings is 2. The van der Waals surface area contributed by atoms with Gasteiger partial charge in [0.2, 0.25) is 0 Å². The van der Waals surface area contributed by atoms with Gasteiger partial charge in [0.15, 0.2) is 0 Å². The summed E-state index contributed by atoms with van der Waals surface area (Å²) in [6.07, 6.45) is 0. The minimum absolute atomic E-state index is 0.0505. The van der Waals surface area contributed by atoms with Crippen molar-refractivity contribution >= 4 is 50.5 Å². The van der Waals surface area contributed by atoms with Crippen LogP contribution >= 0.6 is 22.9 Å². The molecule has 0 bridgehead atoms. The highest BCUT2D eigenvalue weighted by Gasteiger charge is 2.19. The summed E-state index contributed by atoms with van der Waals surface area (Å²) in [5.74, 6) is -1.17. The van der Waals surface area contributed by atoms with Crippen molar-refractivity contribution in [3.8, 4) is 0 Å². The van der Waals surface area contributed by atoms with Crippen LogP contribution < -0.4 is 15.6 Å². The van der Waals surface area contributed by atoms with E-state index in [1.165, 1.54) is 41.7 Å². The van der Waals surface area contributed by atoms with Gasteiger partial charge in [-0.05, 0) is 44.2 Å². The number of para-hydroxylation sites is 1. The monoisotopic (exact) mass is 464 g/mol. The summed E-state index contributed by atoms with van der Waals surface area (Å²) in [7, 11) is -3.98. The first-order valence-corrected chi connectivity index (χ1v) is 11.3. The molecule has 0 aliphatic carbocycles. The number of hydrazine groups is 1. The number of halogens is 1. The first-order valence-electron chi connectivity index (χ1n) is 8.59. The van der Waals surface area contributed by atoms with E-state index in [9.17, 15) is 18.0 Å². The lowest BCUT2D eigenvalue weighted by Gasteiger charge is -2.11. The Morgan fingerprint density at radius 1 is 1.00 bits per heavy atom. The van der Waals surface area contributed by atoms with Crippen LogP contribution in [0.3, 0.4) is 0 Å². The van der Waals surface area contributed by atoms with Crippen LogP contribution in [0.25, 0.3) is 0 Å². The van der Waals surface area contributed by atoms with Crippen molar-refractivity contribution < 1.29 is 18.0 Å². The second-order valence-electron chi connectivity index (χ2n) is 6.17. The maximum Gasteiger partial charge on any atom is 0.281 e. The minimum Gasteiger partial charge on any atom is -0.278 e. The lowest BCUT2D eigenvalue weighted by Crippen LogP contribution is -2.41. The van der Waals surface area contributed by atoms with Crippen LogP contribution in [0.15, 0.2) is 53.4 Å². The molecule has 1 heterocycles. The van der Waals surface area contributed by atoms with E-state index in [0.29, 0.717) is 10.6 Å². The Morgan fingerprint density at radius 2 is 1.70 bits per heavy atom. The number of hydrogen-bond donors (Lipinski definition) is 3. The quantitative estimate of drug-likeness (QED) is 0.501. The van der Waals surface area contributed by atoms with Gasteiger partial charge in [-0.2, -0.15) is 0 Å². The number of nitrogens with one attached hydrogen (secondary N) is 3. The number of hydrogen-bond acceptors (Lipinski definition) is 6. The third-order valence-corrected chi connectivity index (χ3v) is 6.69. The summed E-state index contributed by atoms with van der Waals surface area (Å²) in [4.78, 5) is 29.0. The van der Waals surface area contributed by atoms with Gasteiger partial charge in [-0.1, -0.05) is 29.8 Å². The number of rotatable bonds is 5. The third kappa shape index (κ3) is 4.96. The Hall–Kier alpha value is -2.95. The van der Waals surface area contributed by atoms with E-state index in [-0.39, 0.29) is 21.2 Å². The SMILES string of the molecule is Cc1nc(C)c(C(=O)NNC(=O)c2cccc(S(=O)(=O)Nc3ccccc3Cl)c2)s1. The van der Waals surface area contributed by atoms with Crippen molar-refractivity contribution in [1.82, 2.24) is 15.8 Å². The Balaban J connectivity index is 1.73. The fourth-order valence-corrected chi connectivity index (χ4v) is 4.72. The van der Waals surface area contributed by atoms with E-state index in [1.807, 2.05) is 0 Å². The number of carbonyl (C=O) groups is 2. The molecule has 0 atom stereocenters. The van der Waals surface area contributed by atoms with Gasteiger partial charge >= 0.3 is 0 Å². The Labute approximate surface area is 182 Å². The van der Waals surface area contributed by atoms with E-state index in [1.54, 1.807) is 32.0 Å². The Kier molecular flexibility index (Phi) is 6.40. The highest BCUT2D eigenvalue weighted by atomic mass is 35.5. The summed E-state index contributed by atoms with van der Waals surface area (Å²) in [6.45, 7) is 3.47. The molecule has 0 saturated heterocycles. The summed E-state index contributed by atoms with van der Waals surface area (Å²) in [5, 5.41) is 0.971. The Morgan fingerprint density at radius 3 is 2.37 bits per heavy atom. The predicted molar refractivity (Wildman–Crippen MR) is 115 cm³/mol. The highest BCUT2D eigenvalue weighted by Crippen LogP contribution is 2.24. The molecule has 0 aliphatic rings. The van der Waals surface area contributed by atoms with Crippen LogP contribution in [0.2, 0.25) is 5.02 Å². The van der Waals surface area contributed by atoms with E-state index in [4.69, 9.17) is 11.6 Å². The van der Waals surface area contributed by atoms with Gasteiger partial charge in [0.05, 0.1) is 26.3 Å². The van der Waals surface area contributed by atoms with Gasteiger partial charge < -0.3 is 0 Å². The predicted octanol–water partition coefficient (Wildman–Crippen LogP) is 3.29. The van der Waals surface area contributed by atoms with Gasteiger partial charge in [0, 0.05) is 5.56 Å². The van der Waals surface area contributed by atoms with Gasteiger partial charge in [0.1, 0.15) is 4.88 Å². The smallest absolute Gasteiger partial charge is 0.278 e. The van der Waals surface area contributed by atoms with Crippen molar-refractivity contribution in [2.24, 2.45) is 0 Å². The molecule has 11 heteroatoms. The number of nitrogens with zero attached hydrogens (tertiary/aromatic N) is 1. The molecule has 0 radical (unpaired) electrons. The second kappa shape index (κ2) is 8.82. The number of sulfonamides is 1. The second-order valence-corrected chi connectivity index (χ2v) is 9.46. The molecular formula is C19H17ClN4O4S2. The fourth-order valence-electron chi connectivity index (χ4n) is 2.54. The van der Waals surface area contributed by atoms with E-state index in [0.717, 1.165) is 5.01 Å². The Bertz CT molecular complexity index is 1220. The molecule has 1 aromatic heterocycles. The summed E-state index contributed by atoms with van der Waals surface area (Å²) in [6, 6.07) is 11.8. The topological polar surface area (TPSA) is 117 Å². The van der Waals surface area contributed by atoms with Crippen LogP contribution in [-0.2, 0) is 10.0 Å². The van der Waals surface area contributed by atoms with Crippen LogP contribution in [0.5, 0.6) is 0 Å². The standard InChI is InChI=1S/C19H17ClN4O4S2/c1-11-17(29-12(2)21-11)19(26)23-22-18(25)13-6-5-7-14(10-13)30(27,28)24-16-9-4-3-8-15(16)20/h3-10,24H,1-2H3,(H,22,25)(H,23,26). The van der Waals surface area contributed by atoms with Gasteiger partial charge in [-0.15, -0.1) is 11.3 Å². The van der Waals surface area contributed by atoms with Crippen LogP contribution in [0, 0.1) is 13.8 Å². The molecule has 0 unspecified atom stereocenters. The molecule has 0 spiro atoms. The molecule has 8 nitrogen and oxygen atoms in total. The average Bonchev–Trinajstić information content (AvgIpc) is 3.05. The minimum atomic E-state index is -3.98. The molecule has 3 aromatic rings. The largest absolute Gasteiger partial charge is 0.281 e. The lowest BCUT2D eigenvalue weighted by atomic mass is 10.2. The van der Waals surface area contributed by atoms with Crippen LogP contribution in [0.4, 0.5) is 5.69 Å². The van der Waals surface area contributed by atoms with Crippen molar-refractivity contribution in [3.63, 3.8) is 0 Å². The van der Waals surface area contributed by atoms with Crippen LogP contribution in [-0.4, -0.2) is 25.2 Å². The van der Waals surface area contributed by atoms with Gasteiger partial charge in [-0.3, -0.25) is 25.2 Å². The highest BCUT2D eigenvalue weighted by molar-refractivity contribution is 7.92. The zero-order chi connectivity index (χ0) is 21.9. The van der Waals surface area contributed by atoms with Crippen molar-refractivity contribution in [2.75, 3.05) is 4.72 Å². The number of carbonyl (C=O) groups excluding carboxylic acids is 2. The maximum atomic E-state index is 12.6. The summed E-state index contributed by atoms with van der Waals surface area (Å²) >= 11 is 7.20. The first kappa shape index (κ1) is 21.8. The van der Waals surface area contributed by atoms with E-state index < -0.39 is 21.8 Å². The van der Waals surface area contributed by atoms with Gasteiger partial charge in [0.25, 0.3) is 21.8 Å². The van der Waals surface area contributed by atoms with Crippen molar-refractivity contribution in [1.29, 1.82) is 0 Å². The summed E-state index contributed by atoms with van der Waals surface area (Å²) in [5.41, 5.74) is 5.41. The van der Waals surface area contributed by atoms with Crippen molar-refractivity contribution in [3.05, 3.63) is 74.7 Å². The first-order chi connectivity index (χ1) is 14.2. The van der Waals surface area contributed by atoms with E-state index >= 15 is 0 Å². The number of thiazole rings is 1. The zero-order valence-electron chi connectivity index (χ0n) is 15.9. The molecule has 30 heavy (non-hydrogen) atoms. The van der Waals surface area contributed by atoms with Crippen LogP contribution in [0.1, 0.15) is 30.7 Å².